The summed E-state index contributed by atoms with van der Waals surface area (Å²) in [6, 6.07) is 15.6. The third-order valence-electron chi connectivity index (χ3n) is 6.21. The molecule has 2 amide bonds. The first-order valence-corrected chi connectivity index (χ1v) is 12.4. The van der Waals surface area contributed by atoms with E-state index in [9.17, 15) is 22.8 Å². The molecule has 0 unspecified atom stereocenters. The molecule has 206 valence electrons. The van der Waals surface area contributed by atoms with E-state index in [2.05, 4.69) is 15.2 Å². The molecule has 0 bridgehead atoms. The maximum Gasteiger partial charge on any atom is 0.416 e. The average molecular weight is 543 g/mol. The normalized spacial score (nSPS) is 15.0. The summed E-state index contributed by atoms with van der Waals surface area (Å²) in [5.41, 5.74) is -0.0110. The smallest absolute Gasteiger partial charge is 0.416 e. The molecule has 8 nitrogen and oxygen atoms in total. The Balaban J connectivity index is 1.50. The van der Waals surface area contributed by atoms with Gasteiger partial charge in [-0.1, -0.05) is 36.4 Å². The second-order valence-electron chi connectivity index (χ2n) is 9.14. The number of pyridine rings is 1. The number of likely N-dealkylation sites (N-methyl/N-ethyl adjacent to an activating group) is 1. The fourth-order valence-electron chi connectivity index (χ4n) is 4.02. The Bertz CT molecular complexity index is 1260. The number of carbonyl (C=O) groups excluding carboxylic acids is 2. The molecule has 1 atom stereocenters. The number of ether oxygens (including phenoxy) is 2. The van der Waals surface area contributed by atoms with Gasteiger partial charge in [0.2, 0.25) is 11.8 Å². The zero-order valence-electron chi connectivity index (χ0n) is 21.4. The first-order valence-electron chi connectivity index (χ1n) is 12.4. The molecule has 0 radical (unpaired) electrons. The molecule has 3 aromatic rings. The van der Waals surface area contributed by atoms with Gasteiger partial charge >= 0.3 is 6.18 Å². The van der Waals surface area contributed by atoms with E-state index >= 15 is 0 Å². The minimum atomic E-state index is -4.56. The Hall–Kier alpha value is -3.96. The third-order valence-corrected chi connectivity index (χ3v) is 6.21. The van der Waals surface area contributed by atoms with Gasteiger partial charge in [0.1, 0.15) is 17.4 Å². The zero-order chi connectivity index (χ0) is 27.8. The molecule has 1 fully saturated rings. The summed E-state index contributed by atoms with van der Waals surface area (Å²) in [6.45, 7) is 2.61. The summed E-state index contributed by atoms with van der Waals surface area (Å²) in [6.07, 6.45) is -3.20. The highest BCUT2D eigenvalue weighted by atomic mass is 19.4. The van der Waals surface area contributed by atoms with E-state index in [0.29, 0.717) is 26.2 Å². The number of benzene rings is 2. The van der Waals surface area contributed by atoms with Crippen molar-refractivity contribution in [1.29, 1.82) is 0 Å². The lowest BCUT2D eigenvalue weighted by Gasteiger charge is -2.34. The van der Waals surface area contributed by atoms with Crippen LogP contribution in [0.3, 0.4) is 0 Å². The first kappa shape index (κ1) is 28.1. The summed E-state index contributed by atoms with van der Waals surface area (Å²) in [7, 11) is 1.97. The van der Waals surface area contributed by atoms with E-state index in [1.807, 2.05) is 37.4 Å². The lowest BCUT2D eigenvalue weighted by Crippen LogP contribution is -2.55. The Morgan fingerprint density at radius 1 is 1.00 bits per heavy atom. The van der Waals surface area contributed by atoms with Crippen LogP contribution in [0.5, 0.6) is 11.6 Å². The van der Waals surface area contributed by atoms with Crippen molar-refractivity contribution < 1.29 is 32.2 Å². The van der Waals surface area contributed by atoms with Gasteiger partial charge in [-0.2, -0.15) is 13.2 Å². The molecule has 0 spiro atoms. The van der Waals surface area contributed by atoms with Crippen molar-refractivity contribution in [2.45, 2.75) is 18.8 Å². The predicted octanol–water partition coefficient (Wildman–Crippen LogP) is 3.98. The van der Waals surface area contributed by atoms with Crippen molar-refractivity contribution in [3.63, 3.8) is 0 Å². The SMILES string of the molecule is CN1CCN(C(=O)[C@@H](COCc2ccccc2)NC(=O)c2cccnc2Oc2cccc(C(F)(F)F)c2)CC1. The van der Waals surface area contributed by atoms with Crippen LogP contribution in [0.4, 0.5) is 13.2 Å². The van der Waals surface area contributed by atoms with Gasteiger partial charge < -0.3 is 24.6 Å². The van der Waals surface area contributed by atoms with Crippen molar-refractivity contribution >= 4 is 11.8 Å². The van der Waals surface area contributed by atoms with Crippen LogP contribution in [0.15, 0.2) is 72.9 Å². The van der Waals surface area contributed by atoms with E-state index in [1.54, 1.807) is 4.90 Å². The Morgan fingerprint density at radius 2 is 1.74 bits per heavy atom. The summed E-state index contributed by atoms with van der Waals surface area (Å²) in [4.78, 5) is 34.5. The van der Waals surface area contributed by atoms with Gasteiger partial charge in [-0.05, 0) is 42.9 Å². The van der Waals surface area contributed by atoms with Crippen molar-refractivity contribution in [1.82, 2.24) is 20.1 Å². The minimum Gasteiger partial charge on any atom is -0.438 e. The molecule has 39 heavy (non-hydrogen) atoms. The van der Waals surface area contributed by atoms with Crippen LogP contribution in [0, 0.1) is 0 Å². The number of rotatable bonds is 9. The highest BCUT2D eigenvalue weighted by Gasteiger charge is 2.32. The largest absolute Gasteiger partial charge is 0.438 e. The molecule has 2 aromatic carbocycles. The van der Waals surface area contributed by atoms with Crippen molar-refractivity contribution in [2.75, 3.05) is 39.8 Å². The number of hydrogen-bond donors (Lipinski definition) is 1. The van der Waals surface area contributed by atoms with E-state index in [1.165, 1.54) is 30.5 Å². The molecule has 11 heteroatoms. The molecule has 0 saturated carbocycles. The second kappa shape index (κ2) is 12.7. The Morgan fingerprint density at radius 3 is 2.46 bits per heavy atom. The van der Waals surface area contributed by atoms with Crippen LogP contribution in [0.25, 0.3) is 0 Å². The number of hydrogen-bond acceptors (Lipinski definition) is 6. The van der Waals surface area contributed by atoms with E-state index in [0.717, 1.165) is 17.7 Å². The molecular formula is C28H29F3N4O4. The van der Waals surface area contributed by atoms with Crippen LogP contribution in [0.1, 0.15) is 21.5 Å². The number of nitrogens with one attached hydrogen (secondary N) is 1. The van der Waals surface area contributed by atoms with Crippen molar-refractivity contribution in [3.8, 4) is 11.6 Å². The van der Waals surface area contributed by atoms with Crippen molar-refractivity contribution in [3.05, 3.63) is 89.6 Å². The topological polar surface area (TPSA) is 84.0 Å². The van der Waals surface area contributed by atoms with Gasteiger partial charge in [0.05, 0.1) is 18.8 Å². The fourth-order valence-corrected chi connectivity index (χ4v) is 4.02. The maximum atomic E-state index is 13.4. The summed E-state index contributed by atoms with van der Waals surface area (Å²) >= 11 is 0. The molecule has 1 N–H and O–H groups in total. The van der Waals surface area contributed by atoms with Gasteiger partial charge in [0.15, 0.2) is 0 Å². The second-order valence-corrected chi connectivity index (χ2v) is 9.14. The number of aromatic nitrogens is 1. The van der Waals surface area contributed by atoms with Crippen LogP contribution in [0.2, 0.25) is 0 Å². The molecule has 1 aliphatic heterocycles. The molecule has 1 aromatic heterocycles. The van der Waals surface area contributed by atoms with E-state index in [4.69, 9.17) is 9.47 Å². The van der Waals surface area contributed by atoms with Gasteiger partial charge in [0.25, 0.3) is 5.91 Å². The molecule has 1 saturated heterocycles. The van der Waals surface area contributed by atoms with Crippen LogP contribution < -0.4 is 10.1 Å². The van der Waals surface area contributed by atoms with Gasteiger partial charge in [-0.25, -0.2) is 4.98 Å². The fraction of sp³-hybridized carbons (Fsp3) is 0.321. The summed E-state index contributed by atoms with van der Waals surface area (Å²) in [5, 5.41) is 2.72. The molecule has 1 aliphatic rings. The maximum absolute atomic E-state index is 13.4. The number of amides is 2. The molecule has 4 rings (SSSR count). The van der Waals surface area contributed by atoms with Crippen LogP contribution >= 0.6 is 0 Å². The molecule has 2 heterocycles. The van der Waals surface area contributed by atoms with Gasteiger partial charge in [-0.15, -0.1) is 0 Å². The van der Waals surface area contributed by atoms with Crippen molar-refractivity contribution in [2.24, 2.45) is 0 Å². The van der Waals surface area contributed by atoms with Gasteiger partial charge in [-0.3, -0.25) is 9.59 Å². The standard InChI is InChI=1S/C28H29F3N4O4/c1-34-13-15-35(16-14-34)27(37)24(19-38-18-20-7-3-2-4-8-20)33-25(36)23-11-6-12-32-26(23)39-22-10-5-9-21(17-22)28(29,30)31/h2-12,17,24H,13-16,18-19H2,1H3,(H,33,36)/t24-/m1/s1. The third kappa shape index (κ3) is 7.78. The number of piperazine rings is 1. The Kier molecular flexibility index (Phi) is 9.15. The highest BCUT2D eigenvalue weighted by Crippen LogP contribution is 2.33. The Labute approximate surface area is 224 Å². The quantitative estimate of drug-likeness (QED) is 0.441. The minimum absolute atomic E-state index is 0.0332. The zero-order valence-corrected chi connectivity index (χ0v) is 21.4. The lowest BCUT2D eigenvalue weighted by atomic mass is 10.2. The number of halogens is 3. The van der Waals surface area contributed by atoms with E-state index < -0.39 is 23.7 Å². The molecule has 0 aliphatic carbocycles. The summed E-state index contributed by atoms with van der Waals surface area (Å²) in [5.74, 6) is -1.27. The monoisotopic (exact) mass is 542 g/mol. The average Bonchev–Trinajstić information content (AvgIpc) is 2.93. The van der Waals surface area contributed by atoms with Crippen LogP contribution in [-0.2, 0) is 22.3 Å². The predicted molar refractivity (Wildman–Crippen MR) is 137 cm³/mol. The summed E-state index contributed by atoms with van der Waals surface area (Å²) < 4.78 is 50.8. The first-order chi connectivity index (χ1) is 18.7. The molecular weight excluding hydrogens is 513 g/mol. The van der Waals surface area contributed by atoms with Gasteiger partial charge in [0, 0.05) is 32.4 Å². The number of nitrogens with zero attached hydrogens (tertiary/aromatic N) is 3. The number of carbonyl (C=O) groups is 2. The lowest BCUT2D eigenvalue weighted by molar-refractivity contribution is -0.138. The van der Waals surface area contributed by atoms with E-state index in [-0.39, 0.29) is 36.3 Å². The van der Waals surface area contributed by atoms with Crippen LogP contribution in [-0.4, -0.2) is 72.5 Å². The number of alkyl halides is 3. The highest BCUT2D eigenvalue weighted by molar-refractivity contribution is 5.99.